The van der Waals surface area contributed by atoms with Crippen LogP contribution in [-0.4, -0.2) is 29.3 Å². The maximum atomic E-state index is 12.3. The number of aliphatic hydroxyl groups is 1. The van der Waals surface area contributed by atoms with Crippen molar-refractivity contribution < 1.29 is 9.84 Å². The van der Waals surface area contributed by atoms with Gasteiger partial charge in [0, 0.05) is 23.7 Å². The molecular weight excluding hydrogens is 376 g/mol. The lowest BCUT2D eigenvalue weighted by molar-refractivity contribution is 0.106. The highest BCUT2D eigenvalue weighted by molar-refractivity contribution is 6.31. The van der Waals surface area contributed by atoms with Gasteiger partial charge in [-0.15, -0.1) is 0 Å². The first-order valence-electron chi connectivity index (χ1n) is 9.24. The molecule has 1 atom stereocenters. The maximum absolute atomic E-state index is 12.3. The second-order valence-corrected chi connectivity index (χ2v) is 7.58. The largest absolute Gasteiger partial charge is 0.491 e. The van der Waals surface area contributed by atoms with Gasteiger partial charge >= 0.3 is 0 Å². The molecule has 0 radical (unpaired) electrons. The van der Waals surface area contributed by atoms with E-state index in [1.807, 2.05) is 32.9 Å². The van der Waals surface area contributed by atoms with Crippen molar-refractivity contribution in [1.29, 1.82) is 0 Å². The zero-order chi connectivity index (χ0) is 20.3. The fourth-order valence-electron chi connectivity index (χ4n) is 3.20. The monoisotopic (exact) mass is 400 g/mol. The molecule has 3 aromatic rings. The van der Waals surface area contributed by atoms with Crippen LogP contribution >= 0.6 is 11.6 Å². The number of ether oxygens (including phenoxy) is 1. The highest BCUT2D eigenvalue weighted by Crippen LogP contribution is 2.21. The summed E-state index contributed by atoms with van der Waals surface area (Å²) >= 11 is 5.99. The van der Waals surface area contributed by atoms with Crippen LogP contribution in [0.1, 0.15) is 22.3 Å². The molecule has 0 bridgehead atoms. The minimum Gasteiger partial charge on any atom is -0.491 e. The second kappa shape index (κ2) is 8.78. The molecule has 0 saturated heterocycles. The van der Waals surface area contributed by atoms with Crippen molar-refractivity contribution in [3.63, 3.8) is 0 Å². The van der Waals surface area contributed by atoms with Crippen LogP contribution in [0.3, 0.4) is 0 Å². The molecule has 5 nitrogen and oxygen atoms in total. The third kappa shape index (κ3) is 4.93. The molecule has 3 rings (SSSR count). The molecule has 0 fully saturated rings. The summed E-state index contributed by atoms with van der Waals surface area (Å²) in [7, 11) is 0. The minimum absolute atomic E-state index is 0.116. The van der Waals surface area contributed by atoms with E-state index in [1.165, 1.54) is 0 Å². The van der Waals surface area contributed by atoms with Crippen molar-refractivity contribution in [1.82, 2.24) is 10.3 Å². The van der Waals surface area contributed by atoms with Gasteiger partial charge in [-0.25, -0.2) is 0 Å². The Morgan fingerprint density at radius 2 is 1.93 bits per heavy atom. The Bertz CT molecular complexity index is 1050. The quantitative estimate of drug-likeness (QED) is 0.566. The molecule has 6 heteroatoms. The summed E-state index contributed by atoms with van der Waals surface area (Å²) in [5, 5.41) is 14.9. The number of benzene rings is 2. The number of pyridine rings is 1. The predicted molar refractivity (Wildman–Crippen MR) is 113 cm³/mol. The van der Waals surface area contributed by atoms with E-state index in [1.54, 1.807) is 12.1 Å². The Labute approximate surface area is 169 Å². The first-order chi connectivity index (χ1) is 13.3. The summed E-state index contributed by atoms with van der Waals surface area (Å²) in [6, 6.07) is 11.4. The Hall–Kier alpha value is -2.34. The Kier molecular flexibility index (Phi) is 6.39. The summed E-state index contributed by atoms with van der Waals surface area (Å²) in [6.07, 6.45) is -0.694. The topological polar surface area (TPSA) is 74.4 Å². The highest BCUT2D eigenvalue weighted by Gasteiger charge is 2.09. The van der Waals surface area contributed by atoms with Gasteiger partial charge in [-0.3, -0.25) is 4.79 Å². The number of halogens is 1. The van der Waals surface area contributed by atoms with E-state index in [4.69, 9.17) is 16.3 Å². The zero-order valence-corrected chi connectivity index (χ0v) is 17.1. The molecule has 2 aromatic carbocycles. The van der Waals surface area contributed by atoms with E-state index in [9.17, 15) is 9.90 Å². The number of nitrogens with one attached hydrogen (secondary N) is 2. The van der Waals surface area contributed by atoms with Crippen LogP contribution in [0, 0.1) is 20.8 Å². The number of aromatic amines is 1. The van der Waals surface area contributed by atoms with Gasteiger partial charge in [-0.05, 0) is 67.6 Å². The first-order valence-corrected chi connectivity index (χ1v) is 9.62. The molecule has 0 aliphatic heterocycles. The summed E-state index contributed by atoms with van der Waals surface area (Å²) in [4.78, 5) is 15.3. The predicted octanol–water partition coefficient (Wildman–Crippen LogP) is 3.64. The maximum Gasteiger partial charge on any atom is 0.252 e. The third-order valence-electron chi connectivity index (χ3n) is 4.64. The molecule has 0 aliphatic rings. The summed E-state index contributed by atoms with van der Waals surface area (Å²) < 4.78 is 5.60. The van der Waals surface area contributed by atoms with Gasteiger partial charge in [0.25, 0.3) is 5.56 Å². The number of H-pyrrole nitrogens is 1. The van der Waals surface area contributed by atoms with Crippen LogP contribution < -0.4 is 15.6 Å². The summed E-state index contributed by atoms with van der Waals surface area (Å²) in [6.45, 7) is 6.76. The van der Waals surface area contributed by atoms with Crippen LogP contribution in [-0.2, 0) is 6.54 Å². The molecule has 1 heterocycles. The molecule has 0 amide bonds. The van der Waals surface area contributed by atoms with Crippen molar-refractivity contribution in [2.75, 3.05) is 13.2 Å². The van der Waals surface area contributed by atoms with E-state index >= 15 is 0 Å². The van der Waals surface area contributed by atoms with Crippen LogP contribution in [0.5, 0.6) is 5.75 Å². The molecule has 0 saturated carbocycles. The van der Waals surface area contributed by atoms with Gasteiger partial charge in [-0.1, -0.05) is 23.2 Å². The lowest BCUT2D eigenvalue weighted by Crippen LogP contribution is -2.32. The number of aromatic nitrogens is 1. The van der Waals surface area contributed by atoms with E-state index in [0.29, 0.717) is 29.4 Å². The normalized spacial score (nSPS) is 12.3. The fourth-order valence-corrected chi connectivity index (χ4v) is 3.31. The molecule has 1 aromatic heterocycles. The van der Waals surface area contributed by atoms with Crippen molar-refractivity contribution in [3.05, 3.63) is 74.0 Å². The van der Waals surface area contributed by atoms with Gasteiger partial charge in [0.2, 0.25) is 0 Å². The average Bonchev–Trinajstić information content (AvgIpc) is 2.64. The van der Waals surface area contributed by atoms with Gasteiger partial charge in [-0.2, -0.15) is 0 Å². The molecular formula is C22H25ClN2O3. The number of aryl methyl sites for hydroxylation is 3. The highest BCUT2D eigenvalue weighted by atomic mass is 35.5. The van der Waals surface area contributed by atoms with Gasteiger partial charge in [0.1, 0.15) is 18.5 Å². The molecule has 0 spiro atoms. The SMILES string of the molecule is Cc1cc(C)c2[nH]c(=O)c(CNCC(O)COc3ccc(Cl)c(C)c3)cc2c1. The van der Waals surface area contributed by atoms with Gasteiger partial charge < -0.3 is 20.1 Å². The summed E-state index contributed by atoms with van der Waals surface area (Å²) in [5.74, 6) is 0.665. The standard InChI is InChI=1S/C22H25ClN2O3/c1-13-6-15(3)21-16(7-13)9-17(22(27)25-21)10-24-11-18(26)12-28-19-4-5-20(23)14(2)8-19/h4-9,18,24,26H,10-12H2,1-3H3,(H,25,27). The average molecular weight is 401 g/mol. The lowest BCUT2D eigenvalue weighted by atomic mass is 10.1. The molecule has 0 aliphatic carbocycles. The Balaban J connectivity index is 1.56. The van der Waals surface area contributed by atoms with Crippen LogP contribution in [0.2, 0.25) is 5.02 Å². The Morgan fingerprint density at radius 3 is 2.68 bits per heavy atom. The van der Waals surface area contributed by atoms with Crippen molar-refractivity contribution in [3.8, 4) is 5.75 Å². The third-order valence-corrected chi connectivity index (χ3v) is 5.06. The van der Waals surface area contributed by atoms with E-state index in [-0.39, 0.29) is 12.2 Å². The second-order valence-electron chi connectivity index (χ2n) is 7.18. The van der Waals surface area contributed by atoms with Crippen LogP contribution in [0.25, 0.3) is 10.9 Å². The van der Waals surface area contributed by atoms with Crippen molar-refractivity contribution in [2.45, 2.75) is 33.4 Å². The van der Waals surface area contributed by atoms with Gasteiger partial charge in [0.05, 0.1) is 5.52 Å². The summed E-state index contributed by atoms with van der Waals surface area (Å²) in [5.41, 5.74) is 4.52. The van der Waals surface area contributed by atoms with Crippen molar-refractivity contribution in [2.24, 2.45) is 0 Å². The van der Waals surface area contributed by atoms with Crippen molar-refractivity contribution >= 4 is 22.5 Å². The first kappa shape index (κ1) is 20.4. The number of fused-ring (bicyclic) bond motifs is 1. The van der Waals surface area contributed by atoms with E-state index in [2.05, 4.69) is 22.4 Å². The number of hydrogen-bond acceptors (Lipinski definition) is 4. The van der Waals surface area contributed by atoms with E-state index in [0.717, 1.165) is 27.6 Å². The molecule has 28 heavy (non-hydrogen) atoms. The molecule has 1 unspecified atom stereocenters. The lowest BCUT2D eigenvalue weighted by Gasteiger charge is -2.14. The molecule has 148 valence electrons. The molecule has 3 N–H and O–H groups in total. The fraction of sp³-hybridized carbons (Fsp3) is 0.318. The van der Waals surface area contributed by atoms with Crippen LogP contribution in [0.4, 0.5) is 0 Å². The van der Waals surface area contributed by atoms with E-state index < -0.39 is 6.10 Å². The number of hydrogen-bond donors (Lipinski definition) is 3. The van der Waals surface area contributed by atoms with Crippen LogP contribution in [0.15, 0.2) is 41.2 Å². The Morgan fingerprint density at radius 1 is 1.14 bits per heavy atom. The smallest absolute Gasteiger partial charge is 0.252 e. The minimum atomic E-state index is -0.694. The van der Waals surface area contributed by atoms with Gasteiger partial charge in [0.15, 0.2) is 0 Å². The number of aliphatic hydroxyl groups excluding tert-OH is 1. The number of rotatable bonds is 7. The zero-order valence-electron chi connectivity index (χ0n) is 16.3.